The van der Waals surface area contributed by atoms with Crippen molar-refractivity contribution in [2.45, 2.75) is 26.8 Å². The Morgan fingerprint density at radius 1 is 1.13 bits per heavy atom. The fraction of sp³-hybridized carbons (Fsp3) is 0.800. The van der Waals surface area contributed by atoms with Gasteiger partial charge in [-0.05, 0) is 0 Å². The van der Waals surface area contributed by atoms with Crippen molar-refractivity contribution in [3.05, 3.63) is 0 Å². The standard InChI is InChI=1S/C15H26N4O3S/c1-15(2,3)14(22)19-10-23-9-11(19)13(21)18-6-4-17(5-7-18)8-12(16)20/h11H,4-10H2,1-3H3,(H2,16,20)/t11-/m1/s1. The van der Waals surface area contributed by atoms with E-state index in [0.29, 0.717) is 37.8 Å². The first-order valence-electron chi connectivity index (χ1n) is 7.88. The number of thioether (sulfide) groups is 1. The van der Waals surface area contributed by atoms with Gasteiger partial charge in [-0.15, -0.1) is 11.8 Å². The molecule has 130 valence electrons. The molecule has 7 nitrogen and oxygen atoms in total. The van der Waals surface area contributed by atoms with E-state index in [9.17, 15) is 14.4 Å². The van der Waals surface area contributed by atoms with Crippen LogP contribution in [0.25, 0.3) is 0 Å². The minimum absolute atomic E-state index is 0.0197. The van der Waals surface area contributed by atoms with Crippen molar-refractivity contribution in [1.29, 1.82) is 0 Å². The zero-order valence-electron chi connectivity index (χ0n) is 14.1. The third-order valence-electron chi connectivity index (χ3n) is 4.13. The fourth-order valence-corrected chi connectivity index (χ4v) is 3.98. The van der Waals surface area contributed by atoms with Crippen LogP contribution in [0.2, 0.25) is 0 Å². The highest BCUT2D eigenvalue weighted by atomic mass is 32.2. The summed E-state index contributed by atoms with van der Waals surface area (Å²) >= 11 is 1.62. The van der Waals surface area contributed by atoms with Crippen molar-refractivity contribution in [1.82, 2.24) is 14.7 Å². The molecule has 0 unspecified atom stereocenters. The Kier molecular flexibility index (Phi) is 5.57. The molecule has 0 aromatic heterocycles. The number of carbonyl (C=O) groups is 3. The van der Waals surface area contributed by atoms with E-state index in [0.717, 1.165) is 0 Å². The van der Waals surface area contributed by atoms with Crippen LogP contribution < -0.4 is 5.73 Å². The lowest BCUT2D eigenvalue weighted by Crippen LogP contribution is -2.56. The lowest BCUT2D eigenvalue weighted by Gasteiger charge is -2.37. The number of primary amides is 1. The summed E-state index contributed by atoms with van der Waals surface area (Å²) in [5, 5.41) is 0. The number of hydrogen-bond acceptors (Lipinski definition) is 5. The quantitative estimate of drug-likeness (QED) is 0.752. The minimum Gasteiger partial charge on any atom is -0.369 e. The second-order valence-electron chi connectivity index (χ2n) is 7.11. The van der Waals surface area contributed by atoms with Gasteiger partial charge < -0.3 is 15.5 Å². The third-order valence-corrected chi connectivity index (χ3v) is 5.15. The third kappa shape index (κ3) is 4.38. The minimum atomic E-state index is -0.483. The lowest BCUT2D eigenvalue weighted by molar-refractivity contribution is -0.148. The molecular formula is C15H26N4O3S. The van der Waals surface area contributed by atoms with Gasteiger partial charge in [0.2, 0.25) is 17.7 Å². The maximum absolute atomic E-state index is 12.8. The summed E-state index contributed by atoms with van der Waals surface area (Å²) in [4.78, 5) is 41.7. The van der Waals surface area contributed by atoms with Crippen molar-refractivity contribution < 1.29 is 14.4 Å². The molecule has 3 amide bonds. The smallest absolute Gasteiger partial charge is 0.246 e. The van der Waals surface area contributed by atoms with Crippen LogP contribution in [0.3, 0.4) is 0 Å². The Labute approximate surface area is 141 Å². The van der Waals surface area contributed by atoms with Crippen LogP contribution in [0.1, 0.15) is 20.8 Å². The van der Waals surface area contributed by atoms with E-state index in [4.69, 9.17) is 5.73 Å². The van der Waals surface area contributed by atoms with E-state index in [-0.39, 0.29) is 30.3 Å². The summed E-state index contributed by atoms with van der Waals surface area (Å²) in [5.41, 5.74) is 4.72. The molecular weight excluding hydrogens is 316 g/mol. The number of rotatable bonds is 3. The number of nitrogens with two attached hydrogens (primary N) is 1. The van der Waals surface area contributed by atoms with Crippen molar-refractivity contribution in [3.63, 3.8) is 0 Å². The molecule has 23 heavy (non-hydrogen) atoms. The Bertz CT molecular complexity index is 484. The summed E-state index contributed by atoms with van der Waals surface area (Å²) in [7, 11) is 0. The van der Waals surface area contributed by atoms with Gasteiger partial charge in [0, 0.05) is 37.3 Å². The highest BCUT2D eigenvalue weighted by Crippen LogP contribution is 2.28. The molecule has 2 aliphatic heterocycles. The number of piperazine rings is 1. The van der Waals surface area contributed by atoms with Crippen molar-refractivity contribution in [2.75, 3.05) is 44.4 Å². The van der Waals surface area contributed by atoms with Crippen LogP contribution in [0.5, 0.6) is 0 Å². The average molecular weight is 342 g/mol. The van der Waals surface area contributed by atoms with Gasteiger partial charge in [-0.1, -0.05) is 20.8 Å². The molecule has 0 bridgehead atoms. The Balaban J connectivity index is 1.95. The molecule has 2 rings (SSSR count). The summed E-state index contributed by atoms with van der Waals surface area (Å²) < 4.78 is 0. The van der Waals surface area contributed by atoms with E-state index in [1.54, 1.807) is 21.6 Å². The largest absolute Gasteiger partial charge is 0.369 e. The molecule has 0 aliphatic carbocycles. The number of nitrogens with zero attached hydrogens (tertiary/aromatic N) is 3. The fourth-order valence-electron chi connectivity index (χ4n) is 2.84. The summed E-state index contributed by atoms with van der Waals surface area (Å²) in [6.07, 6.45) is 0. The molecule has 0 spiro atoms. The number of carbonyl (C=O) groups excluding carboxylic acids is 3. The van der Waals surface area contributed by atoms with Crippen molar-refractivity contribution in [3.8, 4) is 0 Å². The van der Waals surface area contributed by atoms with E-state index in [1.165, 1.54) is 0 Å². The van der Waals surface area contributed by atoms with E-state index >= 15 is 0 Å². The first-order valence-corrected chi connectivity index (χ1v) is 9.04. The van der Waals surface area contributed by atoms with Gasteiger partial charge in [0.25, 0.3) is 0 Å². The van der Waals surface area contributed by atoms with Crippen LogP contribution in [0.4, 0.5) is 0 Å². The zero-order chi connectivity index (χ0) is 17.2. The first-order chi connectivity index (χ1) is 10.7. The molecule has 2 fully saturated rings. The van der Waals surface area contributed by atoms with E-state index in [2.05, 4.69) is 0 Å². The molecule has 1 atom stereocenters. The maximum Gasteiger partial charge on any atom is 0.246 e. The predicted molar refractivity (Wildman–Crippen MR) is 89.6 cm³/mol. The summed E-state index contributed by atoms with van der Waals surface area (Å²) in [6.45, 7) is 8.29. The first kappa shape index (κ1) is 18.1. The average Bonchev–Trinajstić information content (AvgIpc) is 2.94. The normalized spacial score (nSPS) is 23.2. The maximum atomic E-state index is 12.8. The summed E-state index contributed by atoms with van der Waals surface area (Å²) in [6, 6.07) is -0.366. The molecule has 2 saturated heterocycles. The second kappa shape index (κ2) is 7.09. The Morgan fingerprint density at radius 3 is 2.26 bits per heavy atom. The van der Waals surface area contributed by atoms with Gasteiger partial charge >= 0.3 is 0 Å². The predicted octanol–water partition coefficient (Wildman–Crippen LogP) is -0.436. The van der Waals surface area contributed by atoms with Gasteiger partial charge in [0.05, 0.1) is 12.4 Å². The topological polar surface area (TPSA) is 87.0 Å². The van der Waals surface area contributed by atoms with Gasteiger partial charge in [0.15, 0.2) is 0 Å². The Morgan fingerprint density at radius 2 is 1.74 bits per heavy atom. The highest BCUT2D eigenvalue weighted by molar-refractivity contribution is 7.99. The number of hydrogen-bond donors (Lipinski definition) is 1. The van der Waals surface area contributed by atoms with Gasteiger partial charge in [0.1, 0.15) is 6.04 Å². The molecule has 2 heterocycles. The molecule has 0 radical (unpaired) electrons. The van der Waals surface area contributed by atoms with Crippen LogP contribution in [-0.2, 0) is 14.4 Å². The van der Waals surface area contributed by atoms with Crippen LogP contribution in [0.15, 0.2) is 0 Å². The van der Waals surface area contributed by atoms with Crippen LogP contribution in [-0.4, -0.2) is 82.8 Å². The molecule has 2 aliphatic rings. The van der Waals surface area contributed by atoms with Crippen LogP contribution >= 0.6 is 11.8 Å². The number of amides is 3. The lowest BCUT2D eigenvalue weighted by atomic mass is 9.94. The summed E-state index contributed by atoms with van der Waals surface area (Å²) in [5.74, 6) is 0.925. The van der Waals surface area contributed by atoms with Crippen LogP contribution in [0, 0.1) is 5.41 Å². The molecule has 0 aromatic rings. The SMILES string of the molecule is CC(C)(C)C(=O)N1CSC[C@@H]1C(=O)N1CCN(CC(N)=O)CC1. The Hall–Kier alpha value is -1.28. The van der Waals surface area contributed by atoms with Crippen molar-refractivity contribution in [2.24, 2.45) is 11.1 Å². The van der Waals surface area contributed by atoms with E-state index < -0.39 is 5.41 Å². The zero-order valence-corrected chi connectivity index (χ0v) is 14.9. The van der Waals surface area contributed by atoms with Crippen molar-refractivity contribution >= 4 is 29.5 Å². The highest BCUT2D eigenvalue weighted by Gasteiger charge is 2.41. The molecule has 0 saturated carbocycles. The molecule has 8 heteroatoms. The van der Waals surface area contributed by atoms with Gasteiger partial charge in [-0.25, -0.2) is 0 Å². The van der Waals surface area contributed by atoms with Gasteiger partial charge in [-0.2, -0.15) is 0 Å². The monoisotopic (exact) mass is 342 g/mol. The van der Waals surface area contributed by atoms with Gasteiger partial charge in [-0.3, -0.25) is 19.3 Å². The second-order valence-corrected chi connectivity index (χ2v) is 8.11. The van der Waals surface area contributed by atoms with E-state index in [1.807, 2.05) is 25.7 Å². The molecule has 0 aromatic carbocycles. The molecule has 2 N–H and O–H groups in total.